The Bertz CT molecular complexity index is 390. The molecule has 6 heteroatoms. The number of carbonyl (C=O) groups is 2. The van der Waals surface area contributed by atoms with E-state index in [0.717, 1.165) is 5.75 Å². The van der Waals surface area contributed by atoms with Crippen molar-refractivity contribution in [2.75, 3.05) is 5.75 Å². The fourth-order valence-corrected chi connectivity index (χ4v) is 3.90. The summed E-state index contributed by atoms with van der Waals surface area (Å²) in [4.78, 5) is 25.2. The molecule has 100 valence electrons. The smallest absolute Gasteiger partial charge is 0.233 e. The summed E-state index contributed by atoms with van der Waals surface area (Å²) in [6.45, 7) is 6.08. The van der Waals surface area contributed by atoms with E-state index in [1.165, 1.54) is 0 Å². The molecule has 2 amide bonds. The molecule has 3 atom stereocenters. The third-order valence-corrected chi connectivity index (χ3v) is 5.16. The number of hydrogen-bond acceptors (Lipinski definition) is 4. The number of hydrogen-bond donors (Lipinski definition) is 1. The molecule has 0 spiro atoms. The van der Waals surface area contributed by atoms with Gasteiger partial charge in [-0.05, 0) is 5.92 Å². The number of carbonyl (C=O) groups excluding carboxylic acids is 2. The number of β-lactam (4-membered cyclic amide) rings is 1. The van der Waals surface area contributed by atoms with E-state index < -0.39 is 0 Å². The van der Waals surface area contributed by atoms with Gasteiger partial charge in [0.25, 0.3) is 0 Å². The lowest BCUT2D eigenvalue weighted by molar-refractivity contribution is -0.137. The highest BCUT2D eigenvalue weighted by molar-refractivity contribution is 8.23. The molecule has 2 aliphatic rings. The summed E-state index contributed by atoms with van der Waals surface area (Å²) in [6.07, 6.45) is 0.451. The van der Waals surface area contributed by atoms with Crippen LogP contribution in [0.2, 0.25) is 0 Å². The van der Waals surface area contributed by atoms with E-state index in [1.807, 2.05) is 6.92 Å². The van der Waals surface area contributed by atoms with Crippen LogP contribution in [0.5, 0.6) is 0 Å². The first-order chi connectivity index (χ1) is 8.41. The summed E-state index contributed by atoms with van der Waals surface area (Å²) in [5.41, 5.74) is 0. The Morgan fingerprint density at radius 2 is 2.11 bits per heavy atom. The molecule has 0 radical (unpaired) electrons. The van der Waals surface area contributed by atoms with Gasteiger partial charge < -0.3 is 5.32 Å². The summed E-state index contributed by atoms with van der Waals surface area (Å²) in [5.74, 6) is 1.16. The number of rotatable bonds is 3. The van der Waals surface area contributed by atoms with Crippen molar-refractivity contribution in [3.63, 3.8) is 0 Å². The van der Waals surface area contributed by atoms with Gasteiger partial charge in [0.1, 0.15) is 4.32 Å². The average Bonchev–Trinajstić information content (AvgIpc) is 2.65. The quantitative estimate of drug-likeness (QED) is 0.629. The molecule has 0 unspecified atom stereocenters. The second kappa shape index (κ2) is 5.17. The topological polar surface area (TPSA) is 49.4 Å². The van der Waals surface area contributed by atoms with Crippen molar-refractivity contribution in [1.29, 1.82) is 0 Å². The predicted octanol–water partition coefficient (Wildman–Crippen LogP) is 1.40. The molecule has 2 aliphatic heterocycles. The Balaban J connectivity index is 2.06. The van der Waals surface area contributed by atoms with Crippen molar-refractivity contribution in [3.05, 3.63) is 0 Å². The van der Waals surface area contributed by atoms with E-state index in [9.17, 15) is 9.59 Å². The first-order valence-corrected chi connectivity index (χ1v) is 7.60. The molecule has 0 aliphatic carbocycles. The van der Waals surface area contributed by atoms with Crippen LogP contribution in [0.25, 0.3) is 0 Å². The van der Waals surface area contributed by atoms with Gasteiger partial charge in [-0.25, -0.2) is 0 Å². The van der Waals surface area contributed by atoms with Crippen LogP contribution in [-0.2, 0) is 9.59 Å². The number of amides is 2. The van der Waals surface area contributed by atoms with Crippen molar-refractivity contribution in [2.45, 2.75) is 39.3 Å². The molecule has 1 N–H and O–H groups in total. The van der Waals surface area contributed by atoms with Crippen molar-refractivity contribution >= 4 is 40.1 Å². The summed E-state index contributed by atoms with van der Waals surface area (Å²) in [6, 6.07) is 0.166. The van der Waals surface area contributed by atoms with E-state index in [2.05, 4.69) is 19.2 Å². The summed E-state index contributed by atoms with van der Waals surface area (Å²) < 4.78 is 0.677. The molecular weight excluding hydrogens is 268 g/mol. The lowest BCUT2D eigenvalue weighted by Gasteiger charge is -2.35. The van der Waals surface area contributed by atoms with Crippen LogP contribution in [0.1, 0.15) is 27.2 Å². The Kier molecular flexibility index (Phi) is 3.96. The Morgan fingerprint density at radius 3 is 2.61 bits per heavy atom. The monoisotopic (exact) mass is 286 g/mol. The maximum Gasteiger partial charge on any atom is 0.233 e. The maximum absolute atomic E-state index is 12.5. The van der Waals surface area contributed by atoms with Gasteiger partial charge in [-0.1, -0.05) is 44.8 Å². The number of nitrogens with zero attached hydrogens (tertiary/aromatic N) is 1. The first kappa shape index (κ1) is 13.8. The van der Waals surface area contributed by atoms with Crippen molar-refractivity contribution in [3.8, 4) is 0 Å². The largest absolute Gasteiger partial charge is 0.352 e. The lowest BCUT2D eigenvalue weighted by atomic mass is 9.90. The minimum Gasteiger partial charge on any atom is -0.352 e. The minimum atomic E-state index is -0.194. The number of thioether (sulfide) groups is 1. The molecule has 0 bridgehead atoms. The van der Waals surface area contributed by atoms with Crippen molar-refractivity contribution in [2.24, 2.45) is 11.8 Å². The van der Waals surface area contributed by atoms with Gasteiger partial charge in [0.05, 0.1) is 5.92 Å². The van der Waals surface area contributed by atoms with Gasteiger partial charge >= 0.3 is 0 Å². The van der Waals surface area contributed by atoms with Crippen LogP contribution in [-0.4, -0.2) is 38.9 Å². The first-order valence-electron chi connectivity index (χ1n) is 6.21. The zero-order valence-electron chi connectivity index (χ0n) is 10.8. The summed E-state index contributed by atoms with van der Waals surface area (Å²) in [7, 11) is 0. The van der Waals surface area contributed by atoms with E-state index in [-0.39, 0.29) is 29.8 Å². The number of nitrogens with one attached hydrogen (secondary N) is 1. The maximum atomic E-state index is 12.5. The van der Waals surface area contributed by atoms with Crippen molar-refractivity contribution in [1.82, 2.24) is 10.2 Å². The molecule has 4 nitrogen and oxygen atoms in total. The second-order valence-corrected chi connectivity index (χ2v) is 6.92. The highest BCUT2D eigenvalue weighted by atomic mass is 32.2. The van der Waals surface area contributed by atoms with Crippen LogP contribution in [0.3, 0.4) is 0 Å². The Morgan fingerprint density at radius 1 is 1.50 bits per heavy atom. The van der Waals surface area contributed by atoms with Gasteiger partial charge in [-0.15, -0.1) is 0 Å². The molecule has 0 aromatic rings. The molecule has 2 fully saturated rings. The van der Waals surface area contributed by atoms with Gasteiger partial charge in [-0.3, -0.25) is 14.5 Å². The molecule has 0 aromatic heterocycles. The van der Waals surface area contributed by atoms with E-state index in [1.54, 1.807) is 16.7 Å². The fourth-order valence-electron chi connectivity index (χ4n) is 2.26. The second-order valence-electron chi connectivity index (χ2n) is 5.26. The molecule has 2 heterocycles. The normalized spacial score (nSPS) is 29.2. The Labute approximate surface area is 117 Å². The standard InChI is InChI=1S/C12H18N2O2S2/c1-6(2)9-5-18-12(17)14(9)11(16)7(3)8-4-10(15)13-8/h6-9H,4-5H2,1-3H3,(H,13,15)/t7-,8+,9-/m1/s1. The van der Waals surface area contributed by atoms with Crippen LogP contribution < -0.4 is 5.32 Å². The molecule has 0 aromatic carbocycles. The van der Waals surface area contributed by atoms with E-state index in [4.69, 9.17) is 12.2 Å². The molecule has 2 rings (SSSR count). The van der Waals surface area contributed by atoms with Gasteiger partial charge in [0, 0.05) is 24.3 Å². The minimum absolute atomic E-state index is 0.0220. The molecular formula is C12H18N2O2S2. The van der Waals surface area contributed by atoms with E-state index >= 15 is 0 Å². The highest BCUT2D eigenvalue weighted by Crippen LogP contribution is 2.31. The highest BCUT2D eigenvalue weighted by Gasteiger charge is 2.42. The number of thiocarbonyl (C=S) groups is 1. The van der Waals surface area contributed by atoms with Crippen LogP contribution in [0, 0.1) is 11.8 Å². The van der Waals surface area contributed by atoms with Crippen molar-refractivity contribution < 1.29 is 9.59 Å². The van der Waals surface area contributed by atoms with Crippen LogP contribution in [0.15, 0.2) is 0 Å². The third-order valence-electron chi connectivity index (χ3n) is 3.66. The lowest BCUT2D eigenvalue weighted by Crippen LogP contribution is -2.57. The van der Waals surface area contributed by atoms with Crippen LogP contribution >= 0.6 is 24.0 Å². The van der Waals surface area contributed by atoms with Gasteiger partial charge in [-0.2, -0.15) is 0 Å². The molecule has 18 heavy (non-hydrogen) atoms. The average molecular weight is 286 g/mol. The zero-order chi connectivity index (χ0) is 13.4. The Hall–Kier alpha value is -0.620. The van der Waals surface area contributed by atoms with Gasteiger partial charge in [0.15, 0.2) is 0 Å². The van der Waals surface area contributed by atoms with E-state index in [0.29, 0.717) is 16.7 Å². The summed E-state index contributed by atoms with van der Waals surface area (Å²) >= 11 is 6.85. The van der Waals surface area contributed by atoms with Crippen LogP contribution in [0.4, 0.5) is 0 Å². The fraction of sp³-hybridized carbons (Fsp3) is 0.750. The molecule has 2 saturated heterocycles. The van der Waals surface area contributed by atoms with Gasteiger partial charge in [0.2, 0.25) is 11.8 Å². The third kappa shape index (κ3) is 2.40. The molecule has 0 saturated carbocycles. The zero-order valence-corrected chi connectivity index (χ0v) is 12.4. The SMILES string of the molecule is CC(C)[C@H]1CSC(=S)N1C(=O)[C@H](C)[C@@H]1CC(=O)N1. The predicted molar refractivity (Wildman–Crippen MR) is 76.2 cm³/mol. The summed E-state index contributed by atoms with van der Waals surface area (Å²) in [5, 5.41) is 2.77.